The minimum absolute atomic E-state index is 0.151. The fraction of sp³-hybridized carbons (Fsp3) is 1.00. The highest BCUT2D eigenvalue weighted by Gasteiger charge is 2.28. The Morgan fingerprint density at radius 3 is 2.26 bits per heavy atom. The molecule has 112 valence electrons. The van der Waals surface area contributed by atoms with Crippen LogP contribution in [0, 0.1) is 5.92 Å². The first-order valence-corrected chi connectivity index (χ1v) is 7.90. The molecule has 4 heteroatoms. The highest BCUT2D eigenvalue weighted by atomic mass is 16.3. The fourth-order valence-electron chi connectivity index (χ4n) is 3.36. The molecule has 1 atom stereocenters. The van der Waals surface area contributed by atoms with Crippen molar-refractivity contribution in [2.45, 2.75) is 38.1 Å². The molecule has 19 heavy (non-hydrogen) atoms. The van der Waals surface area contributed by atoms with Gasteiger partial charge in [-0.25, -0.2) is 0 Å². The normalized spacial score (nSPS) is 26.7. The van der Waals surface area contributed by atoms with E-state index < -0.39 is 0 Å². The lowest BCUT2D eigenvalue weighted by Crippen LogP contribution is -2.54. The second-order valence-electron chi connectivity index (χ2n) is 6.70. The average molecular weight is 269 g/mol. The molecule has 0 radical (unpaired) electrons. The van der Waals surface area contributed by atoms with E-state index in [-0.39, 0.29) is 12.1 Å². The molecule has 2 rings (SSSR count). The molecule has 0 saturated carbocycles. The molecule has 2 N–H and O–H groups in total. The Hall–Kier alpha value is -0.160. The van der Waals surface area contributed by atoms with Gasteiger partial charge in [0.2, 0.25) is 0 Å². The zero-order valence-corrected chi connectivity index (χ0v) is 12.7. The van der Waals surface area contributed by atoms with Crippen molar-refractivity contribution in [3.63, 3.8) is 0 Å². The van der Waals surface area contributed by atoms with Gasteiger partial charge in [-0.15, -0.1) is 0 Å². The van der Waals surface area contributed by atoms with Crippen LogP contribution in [0.2, 0.25) is 0 Å². The molecule has 2 aliphatic heterocycles. The second kappa shape index (κ2) is 7.02. The summed E-state index contributed by atoms with van der Waals surface area (Å²) in [7, 11) is 1.94. The monoisotopic (exact) mass is 269 g/mol. The average Bonchev–Trinajstić information content (AvgIpc) is 2.94. The largest absolute Gasteiger partial charge is 0.394 e. The first-order valence-electron chi connectivity index (χ1n) is 7.90. The van der Waals surface area contributed by atoms with Crippen LogP contribution in [0.5, 0.6) is 0 Å². The third kappa shape index (κ3) is 4.42. The topological polar surface area (TPSA) is 38.7 Å². The van der Waals surface area contributed by atoms with Crippen LogP contribution in [0.3, 0.4) is 0 Å². The van der Waals surface area contributed by atoms with Gasteiger partial charge < -0.3 is 20.2 Å². The van der Waals surface area contributed by atoms with Crippen molar-refractivity contribution in [2.24, 2.45) is 5.92 Å². The molecule has 2 heterocycles. The van der Waals surface area contributed by atoms with Crippen molar-refractivity contribution in [3.8, 4) is 0 Å². The smallest absolute Gasteiger partial charge is 0.0623 e. The molecular weight excluding hydrogens is 238 g/mol. The van der Waals surface area contributed by atoms with Crippen molar-refractivity contribution < 1.29 is 5.11 Å². The zero-order valence-electron chi connectivity index (χ0n) is 12.7. The summed E-state index contributed by atoms with van der Waals surface area (Å²) < 4.78 is 0. The number of aliphatic hydroxyl groups is 1. The molecule has 0 aromatic rings. The summed E-state index contributed by atoms with van der Waals surface area (Å²) in [6.07, 6.45) is 5.44. The van der Waals surface area contributed by atoms with E-state index in [4.69, 9.17) is 0 Å². The third-order valence-corrected chi connectivity index (χ3v) is 4.95. The lowest BCUT2D eigenvalue weighted by atomic mass is 9.94. The lowest BCUT2D eigenvalue weighted by Gasteiger charge is -2.39. The quantitative estimate of drug-likeness (QED) is 0.747. The minimum Gasteiger partial charge on any atom is -0.394 e. The van der Waals surface area contributed by atoms with Crippen molar-refractivity contribution >= 4 is 0 Å². The molecule has 2 aliphatic rings. The van der Waals surface area contributed by atoms with Gasteiger partial charge >= 0.3 is 0 Å². The van der Waals surface area contributed by atoms with Gasteiger partial charge in [0.15, 0.2) is 0 Å². The number of nitrogens with one attached hydrogen (secondary N) is 1. The first kappa shape index (κ1) is 15.2. The van der Waals surface area contributed by atoms with Gasteiger partial charge in [0, 0.05) is 13.1 Å². The van der Waals surface area contributed by atoms with Gasteiger partial charge in [-0.2, -0.15) is 0 Å². The maximum atomic E-state index is 9.46. The van der Waals surface area contributed by atoms with Gasteiger partial charge in [-0.05, 0) is 71.8 Å². The highest BCUT2D eigenvalue weighted by Crippen LogP contribution is 2.21. The van der Waals surface area contributed by atoms with Crippen LogP contribution in [-0.2, 0) is 0 Å². The minimum atomic E-state index is -0.151. The number of nitrogens with zero attached hydrogens (tertiary/aromatic N) is 2. The van der Waals surface area contributed by atoms with Crippen LogP contribution in [0.1, 0.15) is 32.6 Å². The van der Waals surface area contributed by atoms with Gasteiger partial charge in [-0.3, -0.25) is 0 Å². The van der Waals surface area contributed by atoms with Crippen molar-refractivity contribution in [1.29, 1.82) is 0 Å². The highest BCUT2D eigenvalue weighted by molar-refractivity contribution is 4.87. The maximum Gasteiger partial charge on any atom is 0.0623 e. The summed E-state index contributed by atoms with van der Waals surface area (Å²) in [5, 5.41) is 12.7. The van der Waals surface area contributed by atoms with E-state index in [1.165, 1.54) is 58.4 Å². The van der Waals surface area contributed by atoms with Crippen LogP contribution >= 0.6 is 0 Å². The number of hydrogen-bond acceptors (Lipinski definition) is 4. The van der Waals surface area contributed by atoms with Gasteiger partial charge in [0.05, 0.1) is 12.1 Å². The maximum absolute atomic E-state index is 9.46. The molecule has 2 fully saturated rings. The number of hydrogen-bond donors (Lipinski definition) is 2. The van der Waals surface area contributed by atoms with Crippen molar-refractivity contribution in [3.05, 3.63) is 0 Å². The van der Waals surface area contributed by atoms with E-state index in [0.29, 0.717) is 0 Å². The Morgan fingerprint density at radius 2 is 1.74 bits per heavy atom. The molecule has 2 saturated heterocycles. The molecule has 0 aromatic carbocycles. The molecule has 1 unspecified atom stereocenters. The zero-order chi connectivity index (χ0) is 13.7. The molecule has 0 spiro atoms. The number of likely N-dealkylation sites (tertiary alicyclic amines) is 2. The van der Waals surface area contributed by atoms with E-state index in [9.17, 15) is 5.11 Å². The SMILES string of the molecule is CNC(C)(CO)CN1CCC(CN2CCCC2)CC1. The van der Waals surface area contributed by atoms with Crippen LogP contribution in [0.4, 0.5) is 0 Å². The molecule has 0 aromatic heterocycles. The number of rotatable bonds is 6. The fourth-order valence-corrected chi connectivity index (χ4v) is 3.36. The van der Waals surface area contributed by atoms with E-state index >= 15 is 0 Å². The molecule has 4 nitrogen and oxygen atoms in total. The predicted octanol–water partition coefficient (Wildman–Crippen LogP) is 0.765. The Labute approximate surface area is 118 Å². The molecule has 0 bridgehead atoms. The summed E-state index contributed by atoms with van der Waals surface area (Å²) >= 11 is 0. The number of aliphatic hydroxyl groups excluding tert-OH is 1. The summed E-state index contributed by atoms with van der Waals surface area (Å²) in [4.78, 5) is 5.15. The van der Waals surface area contributed by atoms with Crippen LogP contribution in [0.25, 0.3) is 0 Å². The lowest BCUT2D eigenvalue weighted by molar-refractivity contribution is 0.0934. The summed E-state index contributed by atoms with van der Waals surface area (Å²) in [6, 6.07) is 0. The van der Waals surface area contributed by atoms with Crippen molar-refractivity contribution in [2.75, 3.05) is 52.9 Å². The Balaban J connectivity index is 1.69. The van der Waals surface area contributed by atoms with Crippen LogP contribution in [0.15, 0.2) is 0 Å². The molecule has 0 aliphatic carbocycles. The third-order valence-electron chi connectivity index (χ3n) is 4.95. The van der Waals surface area contributed by atoms with E-state index in [0.717, 1.165) is 12.5 Å². The summed E-state index contributed by atoms with van der Waals surface area (Å²) in [5.41, 5.74) is -0.151. The van der Waals surface area contributed by atoms with Gasteiger partial charge in [-0.1, -0.05) is 0 Å². The van der Waals surface area contributed by atoms with Crippen LogP contribution < -0.4 is 5.32 Å². The van der Waals surface area contributed by atoms with E-state index in [2.05, 4.69) is 22.0 Å². The Morgan fingerprint density at radius 1 is 1.11 bits per heavy atom. The molecule has 0 amide bonds. The Kier molecular flexibility index (Phi) is 5.63. The van der Waals surface area contributed by atoms with E-state index in [1.54, 1.807) is 0 Å². The van der Waals surface area contributed by atoms with Gasteiger partial charge in [0.1, 0.15) is 0 Å². The number of likely N-dealkylation sites (N-methyl/N-ethyl adjacent to an activating group) is 1. The predicted molar refractivity (Wildman–Crippen MR) is 79.4 cm³/mol. The summed E-state index contributed by atoms with van der Waals surface area (Å²) in [5.74, 6) is 0.893. The number of piperidine rings is 1. The second-order valence-corrected chi connectivity index (χ2v) is 6.70. The molecular formula is C15H31N3O. The van der Waals surface area contributed by atoms with Gasteiger partial charge in [0.25, 0.3) is 0 Å². The van der Waals surface area contributed by atoms with Crippen molar-refractivity contribution in [1.82, 2.24) is 15.1 Å². The first-order chi connectivity index (χ1) is 9.15. The summed E-state index contributed by atoms with van der Waals surface area (Å²) in [6.45, 7) is 9.60. The van der Waals surface area contributed by atoms with E-state index in [1.807, 2.05) is 7.05 Å². The standard InChI is InChI=1S/C15H31N3O/c1-15(13-19,16-2)12-18-9-5-14(6-10-18)11-17-7-3-4-8-17/h14,16,19H,3-13H2,1-2H3. The van der Waals surface area contributed by atoms with Crippen LogP contribution in [-0.4, -0.2) is 73.4 Å². The Bertz CT molecular complexity index is 254.